The van der Waals surface area contributed by atoms with E-state index in [4.69, 9.17) is 10.5 Å². The Balaban J connectivity index is 2.41. The van der Waals surface area contributed by atoms with Gasteiger partial charge in [0.15, 0.2) is 5.13 Å². The van der Waals surface area contributed by atoms with E-state index < -0.39 is 10.9 Å². The summed E-state index contributed by atoms with van der Waals surface area (Å²) in [5.74, 6) is -0.505. The van der Waals surface area contributed by atoms with Gasteiger partial charge < -0.3 is 10.5 Å². The third-order valence-corrected chi connectivity index (χ3v) is 3.32. The van der Waals surface area contributed by atoms with Gasteiger partial charge in [-0.15, -0.1) is 0 Å². The molecule has 2 rings (SSSR count). The van der Waals surface area contributed by atoms with Gasteiger partial charge in [0.2, 0.25) is 0 Å². The highest BCUT2D eigenvalue weighted by molar-refractivity contribution is 7.17. The van der Waals surface area contributed by atoms with Crippen LogP contribution < -0.4 is 5.73 Å². The van der Waals surface area contributed by atoms with Crippen molar-refractivity contribution in [1.29, 1.82) is 0 Å². The van der Waals surface area contributed by atoms with E-state index in [1.165, 1.54) is 24.3 Å². The molecular formula is C12H11N3O4S. The molecule has 20 heavy (non-hydrogen) atoms. The fraction of sp³-hybridized carbons (Fsp3) is 0.167. The molecule has 2 aromatic rings. The normalized spacial score (nSPS) is 10.2. The van der Waals surface area contributed by atoms with Crippen molar-refractivity contribution in [3.8, 4) is 11.3 Å². The molecule has 0 spiro atoms. The monoisotopic (exact) mass is 293 g/mol. The van der Waals surface area contributed by atoms with Gasteiger partial charge in [0.25, 0.3) is 5.69 Å². The third kappa shape index (κ3) is 2.75. The molecular weight excluding hydrogens is 282 g/mol. The van der Waals surface area contributed by atoms with Crippen molar-refractivity contribution in [1.82, 2.24) is 4.98 Å². The maximum Gasteiger partial charge on any atom is 0.350 e. The van der Waals surface area contributed by atoms with Crippen LogP contribution in [0.5, 0.6) is 0 Å². The number of nitro benzene ring substituents is 1. The molecule has 0 aliphatic rings. The van der Waals surface area contributed by atoms with E-state index in [2.05, 4.69) is 4.98 Å². The maximum absolute atomic E-state index is 11.8. The first kappa shape index (κ1) is 13.9. The number of non-ortho nitro benzene ring substituents is 1. The topological polar surface area (TPSA) is 108 Å². The number of nitrogens with two attached hydrogens (primary N) is 1. The van der Waals surface area contributed by atoms with Crippen LogP contribution in [0.15, 0.2) is 24.3 Å². The first-order valence-electron chi connectivity index (χ1n) is 5.71. The van der Waals surface area contributed by atoms with E-state index in [1.54, 1.807) is 6.92 Å². The Labute approximate surface area is 118 Å². The second kappa shape index (κ2) is 5.66. The average molecular weight is 293 g/mol. The number of nitro groups is 1. The number of esters is 1. The largest absolute Gasteiger partial charge is 0.462 e. The van der Waals surface area contributed by atoms with Crippen molar-refractivity contribution in [2.75, 3.05) is 12.3 Å². The third-order valence-electron chi connectivity index (χ3n) is 2.46. The summed E-state index contributed by atoms with van der Waals surface area (Å²) in [6.07, 6.45) is 0. The highest BCUT2D eigenvalue weighted by Crippen LogP contribution is 2.31. The number of anilines is 1. The summed E-state index contributed by atoms with van der Waals surface area (Å²) >= 11 is 1.03. The van der Waals surface area contributed by atoms with Gasteiger partial charge in [-0.2, -0.15) is 0 Å². The molecule has 0 aliphatic carbocycles. The number of ether oxygens (including phenoxy) is 1. The van der Waals surface area contributed by atoms with Gasteiger partial charge in [-0.25, -0.2) is 9.78 Å². The van der Waals surface area contributed by atoms with Gasteiger partial charge in [0.1, 0.15) is 4.88 Å². The molecule has 0 bridgehead atoms. The quantitative estimate of drug-likeness (QED) is 0.527. The van der Waals surface area contributed by atoms with Gasteiger partial charge in [-0.1, -0.05) is 11.3 Å². The number of nitrogen functional groups attached to an aromatic ring is 1. The zero-order valence-corrected chi connectivity index (χ0v) is 11.3. The lowest BCUT2D eigenvalue weighted by Crippen LogP contribution is -2.04. The molecule has 0 unspecified atom stereocenters. The van der Waals surface area contributed by atoms with E-state index >= 15 is 0 Å². The van der Waals surface area contributed by atoms with E-state index in [0.717, 1.165) is 11.3 Å². The van der Waals surface area contributed by atoms with Crippen LogP contribution in [0.1, 0.15) is 16.6 Å². The molecule has 8 heteroatoms. The molecule has 0 amide bonds. The number of carbonyl (C=O) groups is 1. The standard InChI is InChI=1S/C12H11N3O4S/c1-2-19-11(16)10-9(14-12(13)20-10)7-3-5-8(6-4-7)15(17)18/h3-6H,2H2,1H3,(H2,13,14). The number of hydrogen-bond donors (Lipinski definition) is 1. The van der Waals surface area contributed by atoms with Crippen molar-refractivity contribution < 1.29 is 14.5 Å². The molecule has 0 fully saturated rings. The van der Waals surface area contributed by atoms with Crippen LogP contribution in [-0.2, 0) is 4.74 Å². The molecule has 7 nitrogen and oxygen atoms in total. The summed E-state index contributed by atoms with van der Waals surface area (Å²) in [6, 6.07) is 5.74. The summed E-state index contributed by atoms with van der Waals surface area (Å²) in [5.41, 5.74) is 6.54. The molecule has 0 radical (unpaired) electrons. The van der Waals surface area contributed by atoms with Gasteiger partial charge >= 0.3 is 5.97 Å². The number of aromatic nitrogens is 1. The van der Waals surface area contributed by atoms with E-state index in [-0.39, 0.29) is 17.4 Å². The minimum absolute atomic E-state index is 0.0327. The van der Waals surface area contributed by atoms with Crippen LogP contribution in [0.3, 0.4) is 0 Å². The van der Waals surface area contributed by atoms with E-state index in [0.29, 0.717) is 16.1 Å². The smallest absolute Gasteiger partial charge is 0.350 e. The number of benzene rings is 1. The lowest BCUT2D eigenvalue weighted by Gasteiger charge is -2.02. The Bertz CT molecular complexity index is 651. The molecule has 0 atom stereocenters. The second-order valence-corrected chi connectivity index (χ2v) is 4.78. The predicted octanol–water partition coefficient (Wildman–Crippen LogP) is 2.48. The van der Waals surface area contributed by atoms with Gasteiger partial charge in [-0.05, 0) is 19.1 Å². The molecule has 2 N–H and O–H groups in total. The van der Waals surface area contributed by atoms with Crippen molar-refractivity contribution >= 4 is 28.1 Å². The highest BCUT2D eigenvalue weighted by atomic mass is 32.1. The van der Waals surface area contributed by atoms with Crippen molar-refractivity contribution in [3.63, 3.8) is 0 Å². The van der Waals surface area contributed by atoms with Crippen LogP contribution in [0.2, 0.25) is 0 Å². The van der Waals surface area contributed by atoms with Crippen molar-refractivity contribution in [2.45, 2.75) is 6.92 Å². The Hall–Kier alpha value is -2.48. The molecule has 1 heterocycles. The minimum Gasteiger partial charge on any atom is -0.462 e. The Morgan fingerprint density at radius 3 is 2.65 bits per heavy atom. The Morgan fingerprint density at radius 1 is 1.45 bits per heavy atom. The number of rotatable bonds is 4. The van der Waals surface area contributed by atoms with Crippen molar-refractivity contribution in [3.05, 3.63) is 39.3 Å². The fourth-order valence-corrected chi connectivity index (χ4v) is 2.36. The Kier molecular flexibility index (Phi) is 3.94. The maximum atomic E-state index is 11.8. The number of nitrogens with zero attached hydrogens (tertiary/aromatic N) is 2. The molecule has 0 saturated carbocycles. The van der Waals surface area contributed by atoms with Gasteiger partial charge in [0, 0.05) is 17.7 Å². The van der Waals surface area contributed by atoms with Gasteiger partial charge in [-0.3, -0.25) is 10.1 Å². The summed E-state index contributed by atoms with van der Waals surface area (Å²) < 4.78 is 4.93. The highest BCUT2D eigenvalue weighted by Gasteiger charge is 2.20. The molecule has 1 aromatic heterocycles. The zero-order valence-electron chi connectivity index (χ0n) is 10.5. The lowest BCUT2D eigenvalue weighted by atomic mass is 10.1. The molecule has 104 valence electrons. The number of hydrogen-bond acceptors (Lipinski definition) is 7. The van der Waals surface area contributed by atoms with Crippen LogP contribution in [0.4, 0.5) is 10.8 Å². The zero-order chi connectivity index (χ0) is 14.7. The first-order chi connectivity index (χ1) is 9.52. The first-order valence-corrected chi connectivity index (χ1v) is 6.52. The molecule has 0 aliphatic heterocycles. The average Bonchev–Trinajstić information content (AvgIpc) is 2.81. The van der Waals surface area contributed by atoms with E-state index in [9.17, 15) is 14.9 Å². The summed E-state index contributed by atoms with van der Waals surface area (Å²) in [7, 11) is 0. The Morgan fingerprint density at radius 2 is 2.10 bits per heavy atom. The van der Waals surface area contributed by atoms with Crippen LogP contribution in [-0.4, -0.2) is 22.5 Å². The van der Waals surface area contributed by atoms with Crippen LogP contribution >= 0.6 is 11.3 Å². The second-order valence-electron chi connectivity index (χ2n) is 3.75. The summed E-state index contributed by atoms with van der Waals surface area (Å²) in [4.78, 5) is 26.3. The fourth-order valence-electron chi connectivity index (χ4n) is 1.61. The summed E-state index contributed by atoms with van der Waals surface area (Å²) in [5, 5.41) is 10.8. The van der Waals surface area contributed by atoms with Gasteiger partial charge in [0.05, 0.1) is 17.2 Å². The predicted molar refractivity (Wildman–Crippen MR) is 74.6 cm³/mol. The SMILES string of the molecule is CCOC(=O)c1sc(N)nc1-c1ccc([N+](=O)[O-])cc1. The van der Waals surface area contributed by atoms with Crippen LogP contribution in [0, 0.1) is 10.1 Å². The van der Waals surface area contributed by atoms with Crippen LogP contribution in [0.25, 0.3) is 11.3 Å². The molecule has 0 saturated heterocycles. The number of thiazole rings is 1. The minimum atomic E-state index is -0.505. The van der Waals surface area contributed by atoms with Crippen molar-refractivity contribution in [2.24, 2.45) is 0 Å². The number of carbonyl (C=O) groups excluding carboxylic acids is 1. The van der Waals surface area contributed by atoms with E-state index in [1.807, 2.05) is 0 Å². The summed E-state index contributed by atoms with van der Waals surface area (Å²) in [6.45, 7) is 1.95. The lowest BCUT2D eigenvalue weighted by molar-refractivity contribution is -0.384. The molecule has 1 aromatic carbocycles.